The first-order valence-corrected chi connectivity index (χ1v) is 9.34. The zero-order valence-corrected chi connectivity index (χ0v) is 15.4. The summed E-state index contributed by atoms with van der Waals surface area (Å²) in [5.74, 6) is -1.04. The summed E-state index contributed by atoms with van der Waals surface area (Å²) in [6.45, 7) is 3.89. The molecule has 2 aliphatic heterocycles. The molecule has 7 heteroatoms. The van der Waals surface area contributed by atoms with E-state index in [1.807, 2.05) is 6.07 Å². The zero-order valence-electron chi connectivity index (χ0n) is 15.4. The van der Waals surface area contributed by atoms with Crippen molar-refractivity contribution in [2.75, 3.05) is 39.4 Å². The highest BCUT2D eigenvalue weighted by atomic mass is 16.5. The molecular formula is C21H22N2O5. The number of hydrogen-bond acceptors (Lipinski definition) is 6. The Morgan fingerprint density at radius 2 is 1.79 bits per heavy atom. The first-order chi connectivity index (χ1) is 13.7. The first-order valence-electron chi connectivity index (χ1n) is 9.34. The molecule has 0 unspecified atom stereocenters. The summed E-state index contributed by atoms with van der Waals surface area (Å²) < 4.78 is 10.9. The Balaban J connectivity index is 1.68. The Kier molecular flexibility index (Phi) is 5.27. The van der Waals surface area contributed by atoms with Crippen molar-refractivity contribution in [3.8, 4) is 0 Å². The fourth-order valence-corrected chi connectivity index (χ4v) is 3.68. The molecule has 2 saturated heterocycles. The summed E-state index contributed by atoms with van der Waals surface area (Å²) in [4.78, 5) is 29.3. The lowest BCUT2D eigenvalue weighted by atomic mass is 9.99. The predicted molar refractivity (Wildman–Crippen MR) is 101 cm³/mol. The second kappa shape index (κ2) is 8.00. The first kappa shape index (κ1) is 18.5. The van der Waals surface area contributed by atoms with Crippen molar-refractivity contribution in [2.24, 2.45) is 0 Å². The van der Waals surface area contributed by atoms with Gasteiger partial charge in [0.15, 0.2) is 0 Å². The van der Waals surface area contributed by atoms with Crippen LogP contribution in [-0.4, -0.2) is 66.0 Å². The maximum Gasteiger partial charge on any atom is 0.295 e. The molecule has 0 spiro atoms. The van der Waals surface area contributed by atoms with E-state index in [4.69, 9.17) is 9.15 Å². The smallest absolute Gasteiger partial charge is 0.295 e. The molecule has 3 heterocycles. The zero-order chi connectivity index (χ0) is 19.5. The van der Waals surface area contributed by atoms with Gasteiger partial charge in [-0.25, -0.2) is 0 Å². The van der Waals surface area contributed by atoms with E-state index in [1.165, 1.54) is 11.2 Å². The van der Waals surface area contributed by atoms with Gasteiger partial charge in [-0.15, -0.1) is 0 Å². The molecule has 146 valence electrons. The Morgan fingerprint density at radius 1 is 1.04 bits per heavy atom. The Hall–Kier alpha value is -2.90. The number of hydrogen-bond donors (Lipinski definition) is 1. The largest absolute Gasteiger partial charge is 0.507 e. The van der Waals surface area contributed by atoms with Gasteiger partial charge in [-0.05, 0) is 12.1 Å². The number of rotatable bonds is 5. The van der Waals surface area contributed by atoms with E-state index in [0.29, 0.717) is 37.6 Å². The van der Waals surface area contributed by atoms with Crippen molar-refractivity contribution in [3.63, 3.8) is 0 Å². The lowest BCUT2D eigenvalue weighted by Crippen LogP contribution is -2.42. The van der Waals surface area contributed by atoms with Gasteiger partial charge in [0.1, 0.15) is 17.6 Å². The van der Waals surface area contributed by atoms with Gasteiger partial charge in [0.25, 0.3) is 11.7 Å². The van der Waals surface area contributed by atoms with Gasteiger partial charge in [-0.3, -0.25) is 14.5 Å². The van der Waals surface area contributed by atoms with E-state index >= 15 is 0 Å². The van der Waals surface area contributed by atoms with Crippen LogP contribution in [0.15, 0.2) is 58.7 Å². The minimum atomic E-state index is -0.740. The molecule has 2 fully saturated rings. The lowest BCUT2D eigenvalue weighted by molar-refractivity contribution is -0.140. The van der Waals surface area contributed by atoms with E-state index in [2.05, 4.69) is 4.90 Å². The molecule has 0 saturated carbocycles. The maximum atomic E-state index is 12.8. The fraction of sp³-hybridized carbons (Fsp3) is 0.333. The van der Waals surface area contributed by atoms with Crippen molar-refractivity contribution < 1.29 is 23.8 Å². The lowest BCUT2D eigenvalue weighted by Gasteiger charge is -2.30. The molecule has 7 nitrogen and oxygen atoms in total. The standard InChI is InChI=1S/C21H22N2O5/c24-19(15-5-2-1-3-6-15)17-18(16-7-4-12-28-16)23(21(26)20(17)25)9-8-22-10-13-27-14-11-22/h1-7,12,18,24H,8-11,13-14H2/t18-/m0/s1. The molecule has 0 radical (unpaired) electrons. The number of likely N-dealkylation sites (tertiary alicyclic amines) is 1. The average molecular weight is 382 g/mol. The number of ketones is 1. The van der Waals surface area contributed by atoms with Crippen molar-refractivity contribution >= 4 is 17.4 Å². The third-order valence-electron chi connectivity index (χ3n) is 5.16. The monoisotopic (exact) mass is 382 g/mol. The van der Waals surface area contributed by atoms with E-state index in [1.54, 1.807) is 36.4 Å². The van der Waals surface area contributed by atoms with E-state index < -0.39 is 17.7 Å². The van der Waals surface area contributed by atoms with Gasteiger partial charge in [-0.2, -0.15) is 0 Å². The Labute approximate surface area is 162 Å². The summed E-state index contributed by atoms with van der Waals surface area (Å²) in [5.41, 5.74) is 0.554. The number of Topliss-reactive ketones (excluding diaryl/α,β-unsaturated/α-hetero) is 1. The number of carbonyl (C=O) groups is 2. The second-order valence-corrected chi connectivity index (χ2v) is 6.83. The van der Waals surface area contributed by atoms with E-state index in [-0.39, 0.29) is 11.3 Å². The van der Waals surface area contributed by atoms with Crippen LogP contribution in [0.1, 0.15) is 17.4 Å². The van der Waals surface area contributed by atoms with Crippen LogP contribution in [0.25, 0.3) is 5.76 Å². The number of carbonyl (C=O) groups excluding carboxylic acids is 2. The molecule has 4 rings (SSSR count). The van der Waals surface area contributed by atoms with Crippen LogP contribution >= 0.6 is 0 Å². The van der Waals surface area contributed by atoms with Gasteiger partial charge in [-0.1, -0.05) is 30.3 Å². The fourth-order valence-electron chi connectivity index (χ4n) is 3.68. The molecule has 0 aliphatic carbocycles. The molecule has 2 aromatic rings. The highest BCUT2D eigenvalue weighted by molar-refractivity contribution is 6.46. The third kappa shape index (κ3) is 3.46. The van der Waals surface area contributed by atoms with Crippen molar-refractivity contribution in [1.29, 1.82) is 0 Å². The quantitative estimate of drug-likeness (QED) is 0.484. The predicted octanol–water partition coefficient (Wildman–Crippen LogP) is 2.03. The Bertz CT molecular complexity index is 869. The number of nitrogens with zero attached hydrogens (tertiary/aromatic N) is 2. The number of amides is 1. The molecule has 2 aliphatic rings. The number of aliphatic hydroxyl groups is 1. The second-order valence-electron chi connectivity index (χ2n) is 6.83. The third-order valence-corrected chi connectivity index (χ3v) is 5.16. The van der Waals surface area contributed by atoms with Crippen LogP contribution in [0.3, 0.4) is 0 Å². The van der Waals surface area contributed by atoms with Gasteiger partial charge in [0.2, 0.25) is 0 Å². The van der Waals surface area contributed by atoms with Crippen molar-refractivity contribution in [2.45, 2.75) is 6.04 Å². The van der Waals surface area contributed by atoms with Gasteiger partial charge >= 0.3 is 0 Å². The summed E-state index contributed by atoms with van der Waals surface area (Å²) >= 11 is 0. The van der Waals surface area contributed by atoms with E-state index in [9.17, 15) is 14.7 Å². The molecule has 1 N–H and O–H groups in total. The highest BCUT2D eigenvalue weighted by Gasteiger charge is 2.47. The number of furan rings is 1. The van der Waals surface area contributed by atoms with Crippen molar-refractivity contribution in [1.82, 2.24) is 9.80 Å². The number of aliphatic hydroxyl groups excluding tert-OH is 1. The van der Waals surface area contributed by atoms with Gasteiger partial charge in [0, 0.05) is 31.7 Å². The summed E-state index contributed by atoms with van der Waals surface area (Å²) in [6.07, 6.45) is 1.50. The topological polar surface area (TPSA) is 83.2 Å². The summed E-state index contributed by atoms with van der Waals surface area (Å²) in [5, 5.41) is 10.8. The molecule has 1 amide bonds. The normalized spacial score (nSPS) is 22.7. The molecule has 1 aromatic carbocycles. The van der Waals surface area contributed by atoms with Crippen LogP contribution in [0.4, 0.5) is 0 Å². The minimum Gasteiger partial charge on any atom is -0.507 e. The summed E-state index contributed by atoms with van der Waals surface area (Å²) in [7, 11) is 0. The van der Waals surface area contributed by atoms with Crippen LogP contribution in [0.2, 0.25) is 0 Å². The molecule has 0 bridgehead atoms. The minimum absolute atomic E-state index is 0.0631. The van der Waals surface area contributed by atoms with Crippen LogP contribution in [0, 0.1) is 0 Å². The SMILES string of the molecule is O=C1C(=O)N(CCN2CCOCC2)[C@@H](c2ccco2)C1=C(O)c1ccccc1. The Morgan fingerprint density at radius 3 is 2.46 bits per heavy atom. The van der Waals surface area contributed by atoms with Crippen LogP contribution in [0.5, 0.6) is 0 Å². The molecular weight excluding hydrogens is 360 g/mol. The number of ether oxygens (including phenoxy) is 1. The number of morpholine rings is 1. The molecule has 28 heavy (non-hydrogen) atoms. The molecule has 1 atom stereocenters. The summed E-state index contributed by atoms with van der Waals surface area (Å²) in [6, 6.07) is 11.5. The van der Waals surface area contributed by atoms with Gasteiger partial charge in [0.05, 0.1) is 25.1 Å². The molecule has 1 aromatic heterocycles. The van der Waals surface area contributed by atoms with E-state index in [0.717, 1.165) is 13.1 Å². The average Bonchev–Trinajstić information content (AvgIpc) is 3.35. The van der Waals surface area contributed by atoms with Gasteiger partial charge < -0.3 is 19.2 Å². The van der Waals surface area contributed by atoms with Crippen molar-refractivity contribution in [3.05, 3.63) is 65.6 Å². The maximum absolute atomic E-state index is 12.8. The van der Waals surface area contributed by atoms with Crippen LogP contribution in [-0.2, 0) is 14.3 Å². The highest BCUT2D eigenvalue weighted by Crippen LogP contribution is 2.39. The number of benzene rings is 1. The van der Waals surface area contributed by atoms with Crippen LogP contribution < -0.4 is 0 Å².